The van der Waals surface area contributed by atoms with Gasteiger partial charge < -0.3 is 20.6 Å². The van der Waals surface area contributed by atoms with Crippen molar-refractivity contribution < 1.29 is 37.3 Å². The van der Waals surface area contributed by atoms with Crippen LogP contribution in [0.15, 0.2) is 53.7 Å². The number of aryl methyl sites for hydroxylation is 1. The first-order valence-electron chi connectivity index (χ1n) is 12.2. The second-order valence-corrected chi connectivity index (χ2v) is 12.8. The van der Waals surface area contributed by atoms with E-state index in [0.717, 1.165) is 18.2 Å². The van der Waals surface area contributed by atoms with Crippen LogP contribution in [0, 0.1) is 23.5 Å². The number of sulfone groups is 1. The van der Waals surface area contributed by atoms with Crippen LogP contribution in [0.4, 0.5) is 14.5 Å². The summed E-state index contributed by atoms with van der Waals surface area (Å²) in [5.41, 5.74) is -1.41. The standard InChI is InChI=1S/C26H26ClF2N3O6S/c1-32-12-14(11-30-32)23(33)24(34)26(36)15-7-16(26)9-18(8-15)39(37,38)22-6-13(2-4-19(22)27)25(35)31-17-3-5-20(28)21(29)10-17/h2-6,10-12,15-16,18,23-24,33-34,36H,7-9H2,1H3,(H,31,35). The first kappa shape index (κ1) is 27.7. The average Bonchev–Trinajstić information content (AvgIpc) is 3.35. The monoisotopic (exact) mass is 581 g/mol. The van der Waals surface area contributed by atoms with Gasteiger partial charge in [-0.25, -0.2) is 17.2 Å². The summed E-state index contributed by atoms with van der Waals surface area (Å²) in [6.45, 7) is 0. The Morgan fingerprint density at radius 1 is 1.13 bits per heavy atom. The third kappa shape index (κ3) is 4.74. The van der Waals surface area contributed by atoms with E-state index >= 15 is 0 Å². The highest BCUT2D eigenvalue weighted by atomic mass is 35.5. The molecule has 3 aromatic rings. The van der Waals surface area contributed by atoms with E-state index in [4.69, 9.17) is 11.6 Å². The summed E-state index contributed by atoms with van der Waals surface area (Å²) in [5.74, 6) is -4.15. The molecule has 0 radical (unpaired) electrons. The molecule has 4 atom stereocenters. The minimum absolute atomic E-state index is 0.0167. The first-order valence-corrected chi connectivity index (χ1v) is 14.1. The van der Waals surface area contributed by atoms with E-state index in [0.29, 0.717) is 12.0 Å². The molecule has 3 saturated carbocycles. The predicted octanol–water partition coefficient (Wildman–Crippen LogP) is 3.00. The molecule has 1 amide bonds. The molecule has 0 aliphatic heterocycles. The van der Waals surface area contributed by atoms with Crippen LogP contribution in [0.25, 0.3) is 0 Å². The maximum atomic E-state index is 13.6. The number of aromatic nitrogens is 2. The number of hydrogen-bond acceptors (Lipinski definition) is 7. The van der Waals surface area contributed by atoms with Crippen LogP contribution in [-0.2, 0) is 16.9 Å². The normalized spacial score (nSPS) is 26.0. The molecule has 4 N–H and O–H groups in total. The molecular weight excluding hydrogens is 556 g/mol. The van der Waals surface area contributed by atoms with Crippen LogP contribution in [0.1, 0.15) is 41.3 Å². The van der Waals surface area contributed by atoms with E-state index in [1.165, 1.54) is 35.3 Å². The lowest BCUT2D eigenvalue weighted by Crippen LogP contribution is -2.68. The first-order chi connectivity index (χ1) is 18.3. The minimum Gasteiger partial charge on any atom is -0.387 e. The van der Waals surface area contributed by atoms with Crippen LogP contribution in [0.3, 0.4) is 0 Å². The topological polar surface area (TPSA) is 142 Å². The zero-order chi connectivity index (χ0) is 28.3. The Kier molecular flexibility index (Phi) is 7.04. The summed E-state index contributed by atoms with van der Waals surface area (Å²) in [7, 11) is -2.42. The van der Waals surface area contributed by atoms with Gasteiger partial charge in [0.1, 0.15) is 12.2 Å². The molecule has 3 aliphatic carbocycles. The smallest absolute Gasteiger partial charge is 0.255 e. The lowest BCUT2D eigenvalue weighted by Gasteiger charge is -2.60. The van der Waals surface area contributed by atoms with Gasteiger partial charge in [0, 0.05) is 36.1 Å². The minimum atomic E-state index is -4.07. The number of rotatable bonds is 7. The van der Waals surface area contributed by atoms with Gasteiger partial charge in [0.2, 0.25) is 0 Å². The number of hydrogen-bond donors (Lipinski definition) is 4. The number of amides is 1. The third-order valence-electron chi connectivity index (χ3n) is 7.93. The van der Waals surface area contributed by atoms with Crippen molar-refractivity contribution in [1.82, 2.24) is 9.78 Å². The fourth-order valence-corrected chi connectivity index (χ4v) is 8.18. The number of carbonyl (C=O) groups excluding carboxylic acids is 1. The number of benzene rings is 2. The number of halogens is 3. The summed E-state index contributed by atoms with van der Waals surface area (Å²) < 4.78 is 55.4. The Morgan fingerprint density at radius 3 is 2.44 bits per heavy atom. The van der Waals surface area contributed by atoms with E-state index < -0.39 is 62.3 Å². The molecule has 9 nitrogen and oxygen atoms in total. The van der Waals surface area contributed by atoms with Crippen molar-refractivity contribution in [3.05, 3.63) is 76.6 Å². The van der Waals surface area contributed by atoms with Gasteiger partial charge in [-0.15, -0.1) is 0 Å². The summed E-state index contributed by atoms with van der Waals surface area (Å²) in [4.78, 5) is 12.5. The molecule has 39 heavy (non-hydrogen) atoms. The van der Waals surface area contributed by atoms with Crippen molar-refractivity contribution >= 4 is 33.0 Å². The second kappa shape index (κ2) is 9.93. The van der Waals surface area contributed by atoms with Gasteiger partial charge >= 0.3 is 0 Å². The van der Waals surface area contributed by atoms with E-state index in [-0.39, 0.29) is 34.0 Å². The molecule has 0 spiro atoms. The van der Waals surface area contributed by atoms with Crippen LogP contribution in [0.2, 0.25) is 5.02 Å². The summed E-state index contributed by atoms with van der Waals surface area (Å²) >= 11 is 6.24. The van der Waals surface area contributed by atoms with Crippen LogP contribution < -0.4 is 5.32 Å². The fraction of sp³-hybridized carbons (Fsp3) is 0.385. The Hall–Kier alpha value is -2.90. The lowest BCUT2D eigenvalue weighted by atomic mass is 9.51. The second-order valence-electron chi connectivity index (χ2n) is 10.2. The summed E-state index contributed by atoms with van der Waals surface area (Å²) in [6.07, 6.45) is 0.501. The number of aliphatic hydroxyl groups excluding tert-OH is 2. The number of carbonyl (C=O) groups is 1. The van der Waals surface area contributed by atoms with E-state index in [1.807, 2.05) is 0 Å². The molecular formula is C26H26ClF2N3O6S. The number of aliphatic hydroxyl groups is 3. The van der Waals surface area contributed by atoms with Gasteiger partial charge in [0.15, 0.2) is 21.5 Å². The highest BCUT2D eigenvalue weighted by Crippen LogP contribution is 2.58. The highest BCUT2D eigenvalue weighted by molar-refractivity contribution is 7.92. The molecule has 208 valence electrons. The summed E-state index contributed by atoms with van der Waals surface area (Å²) in [6, 6.07) is 6.52. The van der Waals surface area contributed by atoms with E-state index in [1.54, 1.807) is 7.05 Å². The van der Waals surface area contributed by atoms with Crippen LogP contribution in [0.5, 0.6) is 0 Å². The lowest BCUT2D eigenvalue weighted by molar-refractivity contribution is -0.252. The Balaban J connectivity index is 1.34. The van der Waals surface area contributed by atoms with Gasteiger partial charge in [-0.1, -0.05) is 11.6 Å². The fourth-order valence-electron chi connectivity index (χ4n) is 5.78. The van der Waals surface area contributed by atoms with Gasteiger partial charge in [0.25, 0.3) is 5.91 Å². The Morgan fingerprint density at radius 2 is 1.82 bits per heavy atom. The molecule has 3 fully saturated rings. The molecule has 4 unspecified atom stereocenters. The molecule has 1 aromatic heterocycles. The zero-order valence-electron chi connectivity index (χ0n) is 20.6. The maximum Gasteiger partial charge on any atom is 0.255 e. The van der Waals surface area contributed by atoms with Crippen LogP contribution in [-0.4, -0.2) is 56.4 Å². The molecule has 1 heterocycles. The predicted molar refractivity (Wildman–Crippen MR) is 137 cm³/mol. The van der Waals surface area contributed by atoms with Crippen molar-refractivity contribution in [1.29, 1.82) is 0 Å². The SMILES string of the molecule is Cn1cc(C(O)C(O)C2(O)C3CC2CC(S(=O)(=O)c2cc(C(=O)Nc4ccc(F)c(F)c4)ccc2Cl)C3)cn1. The van der Waals surface area contributed by atoms with Crippen molar-refractivity contribution in [3.8, 4) is 0 Å². The van der Waals surface area contributed by atoms with E-state index in [2.05, 4.69) is 10.4 Å². The van der Waals surface area contributed by atoms with Gasteiger partial charge in [-0.3, -0.25) is 9.48 Å². The van der Waals surface area contributed by atoms with Gasteiger partial charge in [-0.2, -0.15) is 5.10 Å². The van der Waals surface area contributed by atoms with Gasteiger partial charge in [-0.05, 0) is 61.4 Å². The largest absolute Gasteiger partial charge is 0.387 e. The van der Waals surface area contributed by atoms with E-state index in [9.17, 15) is 37.3 Å². The highest BCUT2D eigenvalue weighted by Gasteiger charge is 2.64. The average molecular weight is 582 g/mol. The van der Waals surface area contributed by atoms with Crippen molar-refractivity contribution in [2.24, 2.45) is 18.9 Å². The summed E-state index contributed by atoms with van der Waals surface area (Å²) in [5, 5.41) is 38.2. The number of nitrogens with zero attached hydrogens (tertiary/aromatic N) is 2. The molecule has 3 aliphatic rings. The molecule has 2 aromatic carbocycles. The third-order valence-corrected chi connectivity index (χ3v) is 10.6. The molecule has 6 rings (SSSR count). The van der Waals surface area contributed by atoms with Crippen LogP contribution >= 0.6 is 11.6 Å². The van der Waals surface area contributed by atoms with Crippen molar-refractivity contribution in [2.75, 3.05) is 5.32 Å². The Bertz CT molecular complexity index is 1540. The quantitative estimate of drug-likeness (QED) is 0.336. The number of nitrogens with one attached hydrogen (secondary N) is 1. The van der Waals surface area contributed by atoms with Crippen molar-refractivity contribution in [3.63, 3.8) is 0 Å². The molecule has 13 heteroatoms. The number of fused-ring (bicyclic) bond motifs is 2. The maximum absolute atomic E-state index is 13.6. The molecule has 0 saturated heterocycles. The van der Waals surface area contributed by atoms with Gasteiger partial charge in [0.05, 0.1) is 27.0 Å². The Labute approximate surface area is 228 Å². The molecule has 2 bridgehead atoms. The van der Waals surface area contributed by atoms with Crippen molar-refractivity contribution in [2.45, 2.75) is 47.2 Å². The number of anilines is 1. The zero-order valence-corrected chi connectivity index (χ0v) is 22.2.